The summed E-state index contributed by atoms with van der Waals surface area (Å²) in [7, 11) is 1.87. The second-order valence-electron chi connectivity index (χ2n) is 6.26. The molecule has 1 aromatic heterocycles. The van der Waals surface area contributed by atoms with E-state index >= 15 is 0 Å². The molecule has 9 heteroatoms. The molecule has 0 fully saturated rings. The molecule has 0 aliphatic carbocycles. The van der Waals surface area contributed by atoms with Crippen molar-refractivity contribution in [3.8, 4) is 5.75 Å². The highest BCUT2D eigenvalue weighted by molar-refractivity contribution is 5.74. The molecule has 0 aliphatic heterocycles. The van der Waals surface area contributed by atoms with Crippen LogP contribution in [0.15, 0.2) is 24.3 Å². The lowest BCUT2D eigenvalue weighted by atomic mass is 10.1. The molecule has 1 heterocycles. The van der Waals surface area contributed by atoms with Gasteiger partial charge in [-0.05, 0) is 50.5 Å². The van der Waals surface area contributed by atoms with Gasteiger partial charge in [-0.1, -0.05) is 12.1 Å². The minimum absolute atomic E-state index is 0.301. The van der Waals surface area contributed by atoms with E-state index in [0.29, 0.717) is 18.5 Å². The van der Waals surface area contributed by atoms with Gasteiger partial charge >= 0.3 is 12.4 Å². The Morgan fingerprint density at radius 3 is 2.41 bits per heavy atom. The molecule has 0 saturated heterocycles. The summed E-state index contributed by atoms with van der Waals surface area (Å²) in [6.45, 7) is 6.10. The average Bonchev–Trinajstić information content (AvgIpc) is 2.80. The number of nitrogens with one attached hydrogen (secondary N) is 2. The van der Waals surface area contributed by atoms with Crippen molar-refractivity contribution in [1.29, 1.82) is 0 Å². The maximum Gasteiger partial charge on any atom is 0.573 e. The summed E-state index contributed by atoms with van der Waals surface area (Å²) < 4.78 is 42.1. The first-order valence-electron chi connectivity index (χ1n) is 8.46. The number of ether oxygens (including phenoxy) is 1. The zero-order valence-electron chi connectivity index (χ0n) is 15.6. The molecule has 0 spiro atoms. The number of aromatic nitrogens is 2. The van der Waals surface area contributed by atoms with Crippen LogP contribution in [-0.4, -0.2) is 28.7 Å². The number of carbonyl (C=O) groups excluding carboxylic acids is 1. The van der Waals surface area contributed by atoms with Crippen molar-refractivity contribution in [3.05, 3.63) is 46.8 Å². The molecular weight excluding hydrogens is 361 g/mol. The Balaban J connectivity index is 1.83. The van der Waals surface area contributed by atoms with E-state index in [9.17, 15) is 18.0 Å². The SMILES string of the molecule is Cc1nn(C)c(C)c1CCNC(=O)NC(C)c1ccc(OC(F)(F)F)cc1. The van der Waals surface area contributed by atoms with Gasteiger partial charge in [0.05, 0.1) is 11.7 Å². The smallest absolute Gasteiger partial charge is 0.406 e. The molecule has 2 aromatic rings. The van der Waals surface area contributed by atoms with Crippen LogP contribution in [0.1, 0.15) is 35.5 Å². The fraction of sp³-hybridized carbons (Fsp3) is 0.444. The summed E-state index contributed by atoms with van der Waals surface area (Å²) in [6.07, 6.45) is -4.06. The maximum absolute atomic E-state index is 12.2. The van der Waals surface area contributed by atoms with Gasteiger partial charge < -0.3 is 15.4 Å². The second kappa shape index (κ2) is 8.32. The largest absolute Gasteiger partial charge is 0.573 e. The van der Waals surface area contributed by atoms with Crippen LogP contribution in [0.3, 0.4) is 0 Å². The third kappa shape index (κ3) is 5.90. The van der Waals surface area contributed by atoms with Gasteiger partial charge in [-0.15, -0.1) is 13.2 Å². The Hall–Kier alpha value is -2.71. The molecule has 148 valence electrons. The van der Waals surface area contributed by atoms with Gasteiger partial charge in [0, 0.05) is 19.3 Å². The summed E-state index contributed by atoms with van der Waals surface area (Å²) in [4.78, 5) is 12.0. The number of benzene rings is 1. The lowest BCUT2D eigenvalue weighted by Gasteiger charge is -2.16. The van der Waals surface area contributed by atoms with E-state index in [1.54, 1.807) is 11.6 Å². The van der Waals surface area contributed by atoms with E-state index in [2.05, 4.69) is 20.5 Å². The van der Waals surface area contributed by atoms with E-state index in [-0.39, 0.29) is 17.8 Å². The predicted molar refractivity (Wildman–Crippen MR) is 94.5 cm³/mol. The molecule has 1 aromatic carbocycles. The first kappa shape index (κ1) is 20.6. The Kier molecular flexibility index (Phi) is 6.35. The number of amides is 2. The van der Waals surface area contributed by atoms with Crippen LogP contribution in [0.25, 0.3) is 0 Å². The first-order chi connectivity index (χ1) is 12.6. The van der Waals surface area contributed by atoms with Crippen molar-refractivity contribution in [2.75, 3.05) is 6.54 Å². The van der Waals surface area contributed by atoms with Gasteiger partial charge in [0.25, 0.3) is 0 Å². The molecule has 6 nitrogen and oxygen atoms in total. The van der Waals surface area contributed by atoms with Crippen LogP contribution < -0.4 is 15.4 Å². The van der Waals surface area contributed by atoms with Crippen LogP contribution in [0.4, 0.5) is 18.0 Å². The average molecular weight is 384 g/mol. The standard InChI is InChI=1S/C18H23F3N4O2/c1-11(14-5-7-15(8-6-14)27-18(19,20)21)23-17(26)22-10-9-16-12(2)24-25(4)13(16)3/h5-8,11H,9-10H2,1-4H3,(H2,22,23,26). The van der Waals surface area contributed by atoms with Gasteiger partial charge in [0.15, 0.2) is 0 Å². The Morgan fingerprint density at radius 2 is 1.89 bits per heavy atom. The topological polar surface area (TPSA) is 68.2 Å². The van der Waals surface area contributed by atoms with E-state index < -0.39 is 6.36 Å². The zero-order chi connectivity index (χ0) is 20.2. The van der Waals surface area contributed by atoms with Crippen LogP contribution in [0.2, 0.25) is 0 Å². The molecule has 0 aliphatic rings. The summed E-state index contributed by atoms with van der Waals surface area (Å²) in [5.74, 6) is -0.301. The number of alkyl halides is 3. The summed E-state index contributed by atoms with van der Waals surface area (Å²) in [6, 6.07) is 4.67. The number of halogens is 3. The van der Waals surface area contributed by atoms with Crippen molar-refractivity contribution in [3.63, 3.8) is 0 Å². The maximum atomic E-state index is 12.2. The van der Waals surface area contributed by atoms with E-state index in [4.69, 9.17) is 0 Å². The van der Waals surface area contributed by atoms with Crippen molar-refractivity contribution < 1.29 is 22.7 Å². The Morgan fingerprint density at radius 1 is 1.26 bits per heavy atom. The second-order valence-corrected chi connectivity index (χ2v) is 6.26. The van der Waals surface area contributed by atoms with Crippen LogP contribution >= 0.6 is 0 Å². The highest BCUT2D eigenvalue weighted by Gasteiger charge is 2.31. The molecule has 0 radical (unpaired) electrons. The molecule has 0 bridgehead atoms. The molecule has 27 heavy (non-hydrogen) atoms. The molecular formula is C18H23F3N4O2. The molecule has 1 atom stereocenters. The van der Waals surface area contributed by atoms with E-state index in [1.807, 2.05) is 20.9 Å². The Labute approximate surface area is 155 Å². The fourth-order valence-electron chi connectivity index (χ4n) is 2.77. The van der Waals surface area contributed by atoms with Crippen molar-refractivity contribution in [2.24, 2.45) is 7.05 Å². The monoisotopic (exact) mass is 384 g/mol. The highest BCUT2D eigenvalue weighted by Crippen LogP contribution is 2.24. The third-order valence-corrected chi connectivity index (χ3v) is 4.28. The van der Waals surface area contributed by atoms with E-state index in [0.717, 1.165) is 17.0 Å². The van der Waals surface area contributed by atoms with Gasteiger partial charge in [0.1, 0.15) is 5.75 Å². The summed E-state index contributed by atoms with van der Waals surface area (Å²) >= 11 is 0. The number of hydrogen-bond donors (Lipinski definition) is 2. The number of nitrogens with zero attached hydrogens (tertiary/aromatic N) is 2. The molecule has 2 N–H and O–H groups in total. The first-order valence-corrected chi connectivity index (χ1v) is 8.46. The van der Waals surface area contributed by atoms with Crippen LogP contribution in [0.5, 0.6) is 5.75 Å². The number of rotatable bonds is 6. The summed E-state index contributed by atoms with van der Waals surface area (Å²) in [5, 5.41) is 9.86. The normalized spacial score (nSPS) is 12.6. The van der Waals surface area contributed by atoms with Gasteiger partial charge in [-0.3, -0.25) is 4.68 Å². The Bertz CT molecular complexity index is 785. The van der Waals surface area contributed by atoms with Crippen LogP contribution in [0, 0.1) is 13.8 Å². The molecule has 2 amide bonds. The lowest BCUT2D eigenvalue weighted by Crippen LogP contribution is -2.38. The van der Waals surface area contributed by atoms with Crippen LogP contribution in [-0.2, 0) is 13.5 Å². The van der Waals surface area contributed by atoms with Crippen molar-refractivity contribution in [1.82, 2.24) is 20.4 Å². The van der Waals surface area contributed by atoms with Gasteiger partial charge in [-0.25, -0.2) is 4.79 Å². The number of carbonyl (C=O) groups is 1. The minimum atomic E-state index is -4.73. The van der Waals surface area contributed by atoms with Crippen molar-refractivity contribution >= 4 is 6.03 Å². The fourth-order valence-corrected chi connectivity index (χ4v) is 2.77. The molecule has 0 saturated carbocycles. The van der Waals surface area contributed by atoms with Crippen molar-refractivity contribution in [2.45, 2.75) is 39.6 Å². The third-order valence-electron chi connectivity index (χ3n) is 4.28. The number of aryl methyl sites for hydroxylation is 2. The van der Waals surface area contributed by atoms with E-state index in [1.165, 1.54) is 24.3 Å². The number of urea groups is 1. The summed E-state index contributed by atoms with van der Waals surface area (Å²) in [5.41, 5.74) is 3.76. The predicted octanol–water partition coefficient (Wildman–Crippen LogP) is 3.54. The number of hydrogen-bond acceptors (Lipinski definition) is 3. The lowest BCUT2D eigenvalue weighted by molar-refractivity contribution is -0.274. The minimum Gasteiger partial charge on any atom is -0.406 e. The van der Waals surface area contributed by atoms with Gasteiger partial charge in [0.2, 0.25) is 0 Å². The zero-order valence-corrected chi connectivity index (χ0v) is 15.6. The molecule has 2 rings (SSSR count). The highest BCUT2D eigenvalue weighted by atomic mass is 19.4. The molecule has 1 unspecified atom stereocenters. The quantitative estimate of drug-likeness (QED) is 0.801. The van der Waals surface area contributed by atoms with Gasteiger partial charge in [-0.2, -0.15) is 5.10 Å².